The van der Waals surface area contributed by atoms with Crippen LogP contribution in [0.5, 0.6) is 0 Å². The van der Waals surface area contributed by atoms with E-state index in [-0.39, 0.29) is 41.3 Å². The van der Waals surface area contributed by atoms with E-state index in [0.717, 1.165) is 5.56 Å². The maximum absolute atomic E-state index is 13.1. The van der Waals surface area contributed by atoms with Crippen molar-refractivity contribution in [1.29, 1.82) is 0 Å². The molecule has 0 spiro atoms. The molecule has 0 aliphatic carbocycles. The van der Waals surface area contributed by atoms with Gasteiger partial charge < -0.3 is 20.7 Å². The molecule has 1 aromatic carbocycles. The van der Waals surface area contributed by atoms with Gasteiger partial charge in [0.15, 0.2) is 5.12 Å². The van der Waals surface area contributed by atoms with Crippen LogP contribution in [-0.4, -0.2) is 51.7 Å². The van der Waals surface area contributed by atoms with E-state index in [1.165, 1.54) is 34.6 Å². The number of carbonyl (C=O) groups is 5. The largest absolute Gasteiger partial charge is 0.456 e. The fourth-order valence-electron chi connectivity index (χ4n) is 3.76. The summed E-state index contributed by atoms with van der Waals surface area (Å²) in [4.78, 5) is 67.9. The van der Waals surface area contributed by atoms with Crippen LogP contribution < -0.4 is 16.0 Å². The molecule has 3 rings (SSSR count). The second-order valence-corrected chi connectivity index (χ2v) is 11.6. The highest BCUT2D eigenvalue weighted by Gasteiger charge is 2.30. The quantitative estimate of drug-likeness (QED) is 0.191. The Bertz CT molecular complexity index is 1310. The zero-order chi connectivity index (χ0) is 29.8. The van der Waals surface area contributed by atoms with Crippen molar-refractivity contribution in [3.63, 3.8) is 0 Å². The van der Waals surface area contributed by atoms with Crippen molar-refractivity contribution in [2.24, 2.45) is 5.92 Å². The number of nitrogens with zero attached hydrogens (tertiary/aromatic N) is 1. The third kappa shape index (κ3) is 10.3. The van der Waals surface area contributed by atoms with Crippen LogP contribution in [0.25, 0.3) is 0 Å². The van der Waals surface area contributed by atoms with Gasteiger partial charge in [0.05, 0.1) is 13.0 Å². The molecule has 1 aliphatic heterocycles. The predicted octanol–water partition coefficient (Wildman–Crippen LogP) is 3.30. The molecular formula is C29H34N4O6S2. The molecule has 2 heterocycles. The highest BCUT2D eigenvalue weighted by atomic mass is 32.2. The summed E-state index contributed by atoms with van der Waals surface area (Å²) in [5.74, 6) is -2.13. The van der Waals surface area contributed by atoms with Crippen LogP contribution in [-0.2, 0) is 36.9 Å². The number of fused-ring (bicyclic) bond motifs is 2. The molecule has 218 valence electrons. The molecule has 3 amide bonds. The number of nitrogens with one attached hydrogen (secondary N) is 3. The number of benzene rings is 1. The van der Waals surface area contributed by atoms with Crippen LogP contribution in [0.3, 0.4) is 0 Å². The molecule has 12 heteroatoms. The van der Waals surface area contributed by atoms with Crippen LogP contribution >= 0.6 is 23.1 Å². The predicted molar refractivity (Wildman–Crippen MR) is 158 cm³/mol. The number of cyclic esters (lactones) is 1. The summed E-state index contributed by atoms with van der Waals surface area (Å²) >= 11 is 2.42. The monoisotopic (exact) mass is 598 g/mol. The lowest BCUT2D eigenvalue weighted by atomic mass is 10.0. The molecule has 1 aliphatic rings. The fraction of sp³-hybridized carbons (Fsp3) is 0.379. The van der Waals surface area contributed by atoms with Crippen LogP contribution in [0.4, 0.5) is 0 Å². The van der Waals surface area contributed by atoms with Gasteiger partial charge in [0.1, 0.15) is 28.5 Å². The number of hydrogen-bond donors (Lipinski definition) is 3. The Labute approximate surface area is 247 Å². The number of aromatic nitrogens is 1. The van der Waals surface area contributed by atoms with Crippen molar-refractivity contribution in [2.45, 2.75) is 58.7 Å². The molecule has 10 nitrogen and oxygen atoms in total. The number of esters is 1. The smallest absolute Gasteiger partial charge is 0.329 e. The van der Waals surface area contributed by atoms with E-state index < -0.39 is 29.9 Å². The van der Waals surface area contributed by atoms with Crippen LogP contribution in [0.15, 0.2) is 59.6 Å². The van der Waals surface area contributed by atoms with Gasteiger partial charge in [-0.1, -0.05) is 68.1 Å². The van der Waals surface area contributed by atoms with Gasteiger partial charge in [0.2, 0.25) is 5.91 Å². The maximum atomic E-state index is 13.1. The summed E-state index contributed by atoms with van der Waals surface area (Å²) in [6.07, 6.45) is 4.65. The number of hydrogen-bond acceptors (Lipinski definition) is 9. The minimum Gasteiger partial charge on any atom is -0.456 e. The third-order valence-electron chi connectivity index (χ3n) is 5.95. The van der Waals surface area contributed by atoms with E-state index in [9.17, 15) is 24.0 Å². The molecule has 2 bridgehead atoms. The topological polar surface area (TPSA) is 144 Å². The van der Waals surface area contributed by atoms with E-state index in [1.807, 2.05) is 30.3 Å². The van der Waals surface area contributed by atoms with Gasteiger partial charge in [-0.15, -0.1) is 11.3 Å². The third-order valence-corrected chi connectivity index (χ3v) is 7.71. The molecule has 0 saturated heterocycles. The van der Waals surface area contributed by atoms with Gasteiger partial charge >= 0.3 is 5.97 Å². The average Bonchev–Trinajstić information content (AvgIpc) is 3.42. The number of ether oxygens (including phenoxy) is 1. The first-order chi connectivity index (χ1) is 19.7. The lowest BCUT2D eigenvalue weighted by molar-refractivity contribution is -0.153. The van der Waals surface area contributed by atoms with Crippen molar-refractivity contribution in [2.75, 3.05) is 5.75 Å². The van der Waals surface area contributed by atoms with Crippen molar-refractivity contribution >= 4 is 51.9 Å². The Balaban J connectivity index is 1.70. The Morgan fingerprint density at radius 2 is 1.93 bits per heavy atom. The summed E-state index contributed by atoms with van der Waals surface area (Å²) in [5.41, 5.74) is 1.03. The zero-order valence-corrected chi connectivity index (χ0v) is 24.8. The van der Waals surface area contributed by atoms with E-state index >= 15 is 0 Å². The van der Waals surface area contributed by atoms with E-state index in [0.29, 0.717) is 23.6 Å². The summed E-state index contributed by atoms with van der Waals surface area (Å²) < 4.78 is 5.67. The molecular weight excluding hydrogens is 564 g/mol. The van der Waals surface area contributed by atoms with Crippen molar-refractivity contribution in [1.82, 2.24) is 20.9 Å². The first-order valence-electron chi connectivity index (χ1n) is 13.2. The van der Waals surface area contributed by atoms with Gasteiger partial charge in [-0.05, 0) is 30.9 Å². The van der Waals surface area contributed by atoms with Gasteiger partial charge in [0, 0.05) is 17.6 Å². The van der Waals surface area contributed by atoms with Crippen molar-refractivity contribution in [3.05, 3.63) is 75.9 Å². The highest BCUT2D eigenvalue weighted by Crippen LogP contribution is 2.15. The van der Waals surface area contributed by atoms with Gasteiger partial charge in [-0.25, -0.2) is 9.78 Å². The summed E-state index contributed by atoms with van der Waals surface area (Å²) in [7, 11) is 0. The van der Waals surface area contributed by atoms with E-state index in [1.54, 1.807) is 32.9 Å². The molecule has 2 aromatic rings. The normalized spacial score (nSPS) is 20.0. The van der Waals surface area contributed by atoms with Gasteiger partial charge in [-0.2, -0.15) is 0 Å². The lowest BCUT2D eigenvalue weighted by Gasteiger charge is -2.24. The number of amides is 3. The summed E-state index contributed by atoms with van der Waals surface area (Å²) in [5, 5.41) is 9.99. The molecule has 0 unspecified atom stereocenters. The molecule has 2 atom stereocenters. The number of carbonyl (C=O) groups excluding carboxylic acids is 5. The van der Waals surface area contributed by atoms with Gasteiger partial charge in [0.25, 0.3) is 11.8 Å². The standard InChI is InChI=1S/C29H34N4O6S2/c1-4-21-27(36)33-26(18(2)3)29(38)39-20(12-8-9-13-40-25(35)14-19-10-6-5-7-11-19)15-23(34)30-16-24-31-22(17-41-24)28(37)32-21/h4-8,10-12,17-18,20,26H,9,13-16H2,1-3H3,(H,30,34)(H,32,37)(H,33,36)/b12-8+,21-4-/t20-,26+/m1/s1. The Morgan fingerprint density at radius 1 is 1.17 bits per heavy atom. The number of rotatable bonds is 7. The van der Waals surface area contributed by atoms with Crippen molar-refractivity contribution < 1.29 is 28.7 Å². The van der Waals surface area contributed by atoms with E-state index in [4.69, 9.17) is 4.74 Å². The van der Waals surface area contributed by atoms with Crippen LogP contribution in [0.1, 0.15) is 54.7 Å². The Morgan fingerprint density at radius 3 is 2.63 bits per heavy atom. The molecule has 0 radical (unpaired) electrons. The first-order valence-corrected chi connectivity index (χ1v) is 15.1. The number of thioether (sulfide) groups is 1. The number of allylic oxidation sites excluding steroid dienone is 2. The molecule has 0 fully saturated rings. The maximum Gasteiger partial charge on any atom is 0.329 e. The molecule has 0 saturated carbocycles. The number of thiazole rings is 1. The summed E-state index contributed by atoms with van der Waals surface area (Å²) in [6.45, 7) is 5.17. The van der Waals surface area contributed by atoms with Crippen LogP contribution in [0.2, 0.25) is 0 Å². The fourth-order valence-corrected chi connectivity index (χ4v) is 5.23. The first kappa shape index (κ1) is 31.8. The summed E-state index contributed by atoms with van der Waals surface area (Å²) in [6, 6.07) is 8.47. The second-order valence-electron chi connectivity index (χ2n) is 9.53. The van der Waals surface area contributed by atoms with Gasteiger partial charge in [-0.3, -0.25) is 19.2 Å². The molecule has 41 heavy (non-hydrogen) atoms. The minimum atomic E-state index is -1.03. The average molecular weight is 599 g/mol. The molecule has 3 N–H and O–H groups in total. The zero-order valence-electron chi connectivity index (χ0n) is 23.2. The Hall–Kier alpha value is -3.77. The van der Waals surface area contributed by atoms with Crippen molar-refractivity contribution in [3.8, 4) is 0 Å². The SMILES string of the molecule is C/C=C1\NC(=O)c2csc(n2)CNC(=O)C[C@@H](/C=C/CCSC(=O)Cc2ccccc2)OC(=O)[C@H](C(C)C)NC1=O. The van der Waals surface area contributed by atoms with Crippen LogP contribution in [0, 0.1) is 5.92 Å². The molecule has 1 aromatic heterocycles. The highest BCUT2D eigenvalue weighted by molar-refractivity contribution is 8.13. The Kier molecular flexibility index (Phi) is 12.3. The van der Waals surface area contributed by atoms with E-state index in [2.05, 4.69) is 20.9 Å². The second kappa shape index (κ2) is 15.9. The lowest BCUT2D eigenvalue weighted by Crippen LogP contribution is -2.48. The minimum absolute atomic E-state index is 0.0286.